The molecule has 0 radical (unpaired) electrons. The van der Waals surface area contributed by atoms with E-state index < -0.39 is 35.0 Å². The molecule has 4 rings (SSSR count). The standard InChI is InChI=1S/C25H18F6N2O3/c1-14-2-4-15(5-3-14)12-33-20-11-19(6-7-21(20)36-13-22(33)34)32-23(35)16-8-17(24(26,27)28)10-18(9-16)25(29,30)31/h2-11H,12-13H2,1H3,(H,32,35). The maximum absolute atomic E-state index is 13.1. The minimum atomic E-state index is -5.09. The predicted octanol–water partition coefficient (Wildman–Crippen LogP) is 6.21. The largest absolute Gasteiger partial charge is 0.482 e. The molecule has 0 fully saturated rings. The van der Waals surface area contributed by atoms with Crippen molar-refractivity contribution in [3.63, 3.8) is 0 Å². The van der Waals surface area contributed by atoms with Gasteiger partial charge in [-0.3, -0.25) is 9.59 Å². The number of fused-ring (bicyclic) bond motifs is 1. The number of hydrogen-bond donors (Lipinski definition) is 1. The summed E-state index contributed by atoms with van der Waals surface area (Å²) in [5.41, 5.74) is -1.83. The first kappa shape index (κ1) is 25.1. The van der Waals surface area contributed by atoms with Gasteiger partial charge in [-0.25, -0.2) is 0 Å². The van der Waals surface area contributed by atoms with Crippen LogP contribution in [0.1, 0.15) is 32.6 Å². The van der Waals surface area contributed by atoms with Gasteiger partial charge < -0.3 is 15.0 Å². The number of halogens is 6. The van der Waals surface area contributed by atoms with E-state index in [1.807, 2.05) is 31.2 Å². The van der Waals surface area contributed by atoms with Gasteiger partial charge in [0.25, 0.3) is 11.8 Å². The summed E-state index contributed by atoms with van der Waals surface area (Å²) < 4.78 is 84.3. The molecule has 3 aromatic carbocycles. The molecule has 0 aliphatic carbocycles. The Morgan fingerprint density at radius 1 is 0.917 bits per heavy atom. The van der Waals surface area contributed by atoms with Crippen LogP contribution in [0.3, 0.4) is 0 Å². The number of rotatable bonds is 4. The smallest absolute Gasteiger partial charge is 0.416 e. The van der Waals surface area contributed by atoms with Crippen LogP contribution < -0.4 is 15.0 Å². The molecule has 1 aliphatic heterocycles. The minimum Gasteiger partial charge on any atom is -0.482 e. The summed E-state index contributed by atoms with van der Waals surface area (Å²) >= 11 is 0. The van der Waals surface area contributed by atoms with E-state index in [-0.39, 0.29) is 30.8 Å². The highest BCUT2D eigenvalue weighted by Crippen LogP contribution is 2.38. The van der Waals surface area contributed by atoms with Crippen molar-refractivity contribution in [2.45, 2.75) is 25.8 Å². The van der Waals surface area contributed by atoms with Gasteiger partial charge in [0.1, 0.15) is 5.75 Å². The molecule has 188 valence electrons. The van der Waals surface area contributed by atoms with Crippen molar-refractivity contribution in [1.82, 2.24) is 0 Å². The third-order valence-electron chi connectivity index (χ3n) is 5.47. The molecule has 36 heavy (non-hydrogen) atoms. The van der Waals surface area contributed by atoms with E-state index in [1.54, 1.807) is 0 Å². The summed E-state index contributed by atoms with van der Waals surface area (Å²) in [5.74, 6) is -1.21. The molecule has 0 unspecified atom stereocenters. The number of carbonyl (C=O) groups excluding carboxylic acids is 2. The van der Waals surface area contributed by atoms with Gasteiger partial charge >= 0.3 is 12.4 Å². The molecule has 0 saturated heterocycles. The summed E-state index contributed by atoms with van der Waals surface area (Å²) in [5, 5.41) is 2.31. The third kappa shape index (κ3) is 5.45. The van der Waals surface area contributed by atoms with Crippen molar-refractivity contribution in [1.29, 1.82) is 0 Å². The third-order valence-corrected chi connectivity index (χ3v) is 5.47. The van der Waals surface area contributed by atoms with Crippen LogP contribution in [0.4, 0.5) is 37.7 Å². The topological polar surface area (TPSA) is 58.6 Å². The second-order valence-electron chi connectivity index (χ2n) is 8.19. The molecule has 0 bridgehead atoms. The first-order valence-corrected chi connectivity index (χ1v) is 10.5. The summed E-state index contributed by atoms with van der Waals surface area (Å²) in [4.78, 5) is 26.6. The Morgan fingerprint density at radius 3 is 2.11 bits per heavy atom. The molecule has 0 atom stereocenters. The molecule has 0 aromatic heterocycles. The number of anilines is 2. The van der Waals surface area contributed by atoms with Crippen molar-refractivity contribution in [3.8, 4) is 5.75 Å². The van der Waals surface area contributed by atoms with E-state index in [0.29, 0.717) is 23.6 Å². The van der Waals surface area contributed by atoms with Crippen LogP contribution in [0.2, 0.25) is 0 Å². The SMILES string of the molecule is Cc1ccc(CN2C(=O)COc3ccc(NC(=O)c4cc(C(F)(F)F)cc(C(F)(F)F)c4)cc32)cc1. The van der Waals surface area contributed by atoms with Crippen molar-refractivity contribution in [3.05, 3.63) is 88.5 Å². The zero-order valence-corrected chi connectivity index (χ0v) is 18.6. The van der Waals surface area contributed by atoms with Crippen molar-refractivity contribution >= 4 is 23.2 Å². The van der Waals surface area contributed by atoms with E-state index >= 15 is 0 Å². The molecular formula is C25H18F6N2O3. The number of hydrogen-bond acceptors (Lipinski definition) is 3. The Labute approximate surface area is 201 Å². The Kier molecular flexibility index (Phi) is 6.42. The van der Waals surface area contributed by atoms with Crippen molar-refractivity contribution < 1.29 is 40.7 Å². The van der Waals surface area contributed by atoms with Crippen LogP contribution in [-0.4, -0.2) is 18.4 Å². The molecule has 3 aromatic rings. The molecule has 1 N–H and O–H groups in total. The Morgan fingerprint density at radius 2 is 1.53 bits per heavy atom. The Hall–Kier alpha value is -4.02. The number of nitrogens with zero attached hydrogens (tertiary/aromatic N) is 1. The first-order chi connectivity index (χ1) is 16.8. The van der Waals surface area contributed by atoms with Crippen LogP contribution in [0, 0.1) is 6.92 Å². The highest BCUT2D eigenvalue weighted by Gasteiger charge is 2.37. The summed E-state index contributed by atoms with van der Waals surface area (Å²) in [6.45, 7) is 1.89. The van der Waals surface area contributed by atoms with Gasteiger partial charge in [0, 0.05) is 11.3 Å². The highest BCUT2D eigenvalue weighted by molar-refractivity contribution is 6.05. The van der Waals surface area contributed by atoms with Gasteiger partial charge in [0.05, 0.1) is 23.4 Å². The second-order valence-corrected chi connectivity index (χ2v) is 8.19. The lowest BCUT2D eigenvalue weighted by atomic mass is 10.0. The van der Waals surface area contributed by atoms with Crippen LogP contribution in [0.25, 0.3) is 0 Å². The number of aryl methyl sites for hydroxylation is 1. The van der Waals surface area contributed by atoms with Gasteiger partial charge in [-0.15, -0.1) is 0 Å². The van der Waals surface area contributed by atoms with Gasteiger partial charge in [0.2, 0.25) is 0 Å². The fourth-order valence-electron chi connectivity index (χ4n) is 3.62. The number of nitrogens with one attached hydrogen (secondary N) is 1. The number of carbonyl (C=O) groups is 2. The summed E-state index contributed by atoms with van der Waals surface area (Å²) in [6.07, 6.45) is -10.2. The lowest BCUT2D eigenvalue weighted by Gasteiger charge is -2.30. The fraction of sp³-hybridized carbons (Fsp3) is 0.200. The normalized spacial score (nSPS) is 13.8. The van der Waals surface area contributed by atoms with E-state index in [0.717, 1.165) is 11.1 Å². The van der Waals surface area contributed by atoms with Crippen LogP contribution >= 0.6 is 0 Å². The van der Waals surface area contributed by atoms with Crippen LogP contribution in [0.15, 0.2) is 60.7 Å². The summed E-state index contributed by atoms with van der Waals surface area (Å²) in [6, 6.07) is 12.3. The predicted molar refractivity (Wildman–Crippen MR) is 119 cm³/mol. The Balaban J connectivity index is 1.64. The molecule has 1 heterocycles. The number of ether oxygens (including phenoxy) is 1. The molecule has 11 heteroatoms. The van der Waals surface area contributed by atoms with Gasteiger partial charge in [-0.1, -0.05) is 29.8 Å². The van der Waals surface area contributed by atoms with Crippen molar-refractivity contribution in [2.24, 2.45) is 0 Å². The van der Waals surface area contributed by atoms with Crippen molar-refractivity contribution in [2.75, 3.05) is 16.8 Å². The van der Waals surface area contributed by atoms with Gasteiger partial charge in [0.15, 0.2) is 6.61 Å². The number of benzene rings is 3. The average molecular weight is 508 g/mol. The van der Waals surface area contributed by atoms with Gasteiger partial charge in [-0.05, 0) is 48.9 Å². The quantitative estimate of drug-likeness (QED) is 0.427. The molecule has 1 aliphatic rings. The highest BCUT2D eigenvalue weighted by atomic mass is 19.4. The van der Waals surface area contributed by atoms with E-state index in [4.69, 9.17) is 4.74 Å². The van der Waals surface area contributed by atoms with Crippen LogP contribution in [0.5, 0.6) is 5.75 Å². The second kappa shape index (κ2) is 9.21. The Bertz CT molecular complexity index is 1280. The van der Waals surface area contributed by atoms with E-state index in [1.165, 1.54) is 23.1 Å². The maximum Gasteiger partial charge on any atom is 0.416 e. The zero-order valence-electron chi connectivity index (χ0n) is 18.6. The molecule has 0 spiro atoms. The van der Waals surface area contributed by atoms with E-state index in [2.05, 4.69) is 5.32 Å². The first-order valence-electron chi connectivity index (χ1n) is 10.5. The zero-order chi connectivity index (χ0) is 26.3. The van der Waals surface area contributed by atoms with Crippen LogP contribution in [-0.2, 0) is 23.7 Å². The summed E-state index contributed by atoms with van der Waals surface area (Å²) in [7, 11) is 0. The molecule has 5 nitrogen and oxygen atoms in total. The average Bonchev–Trinajstić information content (AvgIpc) is 2.81. The maximum atomic E-state index is 13.1. The molecular weight excluding hydrogens is 490 g/mol. The monoisotopic (exact) mass is 508 g/mol. The lowest BCUT2D eigenvalue weighted by Crippen LogP contribution is -2.38. The lowest BCUT2D eigenvalue weighted by molar-refractivity contribution is -0.143. The molecule has 2 amide bonds. The van der Waals surface area contributed by atoms with Gasteiger partial charge in [-0.2, -0.15) is 26.3 Å². The fourth-order valence-corrected chi connectivity index (χ4v) is 3.62. The van der Waals surface area contributed by atoms with E-state index in [9.17, 15) is 35.9 Å². The number of amides is 2. The molecule has 0 saturated carbocycles. The number of alkyl halides is 6. The minimum absolute atomic E-state index is 0.0527.